The number of nitrogens with zero attached hydrogens (tertiary/aromatic N) is 1. The molecule has 7 heteroatoms. The molecule has 0 saturated carbocycles. The summed E-state index contributed by atoms with van der Waals surface area (Å²) in [6, 6.07) is 8.66. The van der Waals surface area contributed by atoms with Crippen molar-refractivity contribution in [2.45, 2.75) is 32.9 Å². The summed E-state index contributed by atoms with van der Waals surface area (Å²) in [6.45, 7) is 3.60. The van der Waals surface area contributed by atoms with Crippen LogP contribution in [0.3, 0.4) is 0 Å². The Morgan fingerprint density at radius 3 is 2.52 bits per heavy atom. The highest BCUT2D eigenvalue weighted by atomic mass is 16.4. The van der Waals surface area contributed by atoms with Gasteiger partial charge >= 0.3 is 5.97 Å². The molecular formula is C18H23N3O4. The number of amides is 2. The van der Waals surface area contributed by atoms with Crippen molar-refractivity contribution >= 4 is 28.7 Å². The summed E-state index contributed by atoms with van der Waals surface area (Å²) in [4.78, 5) is 35.0. The summed E-state index contributed by atoms with van der Waals surface area (Å²) in [5.41, 5.74) is 0.935. The number of carbonyl (C=O) groups is 3. The first-order chi connectivity index (χ1) is 11.9. The van der Waals surface area contributed by atoms with Gasteiger partial charge in [-0.15, -0.1) is 0 Å². The molecule has 1 atom stereocenters. The van der Waals surface area contributed by atoms with Crippen LogP contribution in [0.15, 0.2) is 36.5 Å². The van der Waals surface area contributed by atoms with Gasteiger partial charge in [0.05, 0.1) is 6.54 Å². The third-order valence-corrected chi connectivity index (χ3v) is 3.78. The zero-order valence-corrected chi connectivity index (χ0v) is 14.4. The second-order valence-corrected chi connectivity index (χ2v) is 6.37. The summed E-state index contributed by atoms with van der Waals surface area (Å²) in [6.07, 6.45) is 2.15. The topological polar surface area (TPSA) is 100 Å². The third-order valence-electron chi connectivity index (χ3n) is 3.78. The Morgan fingerprint density at radius 1 is 1.12 bits per heavy atom. The molecule has 1 aromatic carbocycles. The number of carboxylic acid groups (broad SMARTS) is 1. The van der Waals surface area contributed by atoms with Crippen LogP contribution >= 0.6 is 0 Å². The van der Waals surface area contributed by atoms with Gasteiger partial charge in [0.25, 0.3) is 0 Å². The molecule has 0 aliphatic carbocycles. The molecule has 0 aliphatic rings. The zero-order valence-electron chi connectivity index (χ0n) is 14.4. The van der Waals surface area contributed by atoms with Gasteiger partial charge in [-0.25, -0.2) is 4.79 Å². The van der Waals surface area contributed by atoms with Crippen molar-refractivity contribution in [3.05, 3.63) is 36.5 Å². The average Bonchev–Trinajstić information content (AvgIpc) is 2.95. The predicted octanol–water partition coefficient (Wildman–Crippen LogP) is 1.37. The molecule has 0 spiro atoms. The lowest BCUT2D eigenvalue weighted by Gasteiger charge is -2.16. The Bertz CT molecular complexity index is 767. The quantitative estimate of drug-likeness (QED) is 0.673. The largest absolute Gasteiger partial charge is 0.480 e. The molecule has 1 heterocycles. The van der Waals surface area contributed by atoms with Crippen molar-refractivity contribution in [1.82, 2.24) is 15.2 Å². The Kier molecular flexibility index (Phi) is 6.16. The average molecular weight is 345 g/mol. The molecule has 2 amide bonds. The number of aliphatic carboxylic acids is 1. The van der Waals surface area contributed by atoms with Gasteiger partial charge in [-0.1, -0.05) is 32.0 Å². The van der Waals surface area contributed by atoms with Crippen LogP contribution < -0.4 is 10.6 Å². The smallest absolute Gasteiger partial charge is 0.326 e. The predicted molar refractivity (Wildman–Crippen MR) is 94.0 cm³/mol. The molecule has 134 valence electrons. The first-order valence-electron chi connectivity index (χ1n) is 8.19. The first kappa shape index (κ1) is 18.5. The minimum atomic E-state index is -1.08. The number of rotatable bonds is 8. The number of aromatic nitrogens is 1. The van der Waals surface area contributed by atoms with E-state index in [-0.39, 0.29) is 24.9 Å². The van der Waals surface area contributed by atoms with E-state index < -0.39 is 17.9 Å². The van der Waals surface area contributed by atoms with Gasteiger partial charge in [0.1, 0.15) is 12.6 Å². The van der Waals surface area contributed by atoms with Gasteiger partial charge in [0.15, 0.2) is 0 Å². The van der Waals surface area contributed by atoms with Crippen LogP contribution in [0.2, 0.25) is 0 Å². The molecule has 2 aromatic rings. The fourth-order valence-corrected chi connectivity index (χ4v) is 2.61. The summed E-state index contributed by atoms with van der Waals surface area (Å²) >= 11 is 0. The summed E-state index contributed by atoms with van der Waals surface area (Å²) in [7, 11) is 0. The minimum Gasteiger partial charge on any atom is -0.480 e. The van der Waals surface area contributed by atoms with E-state index in [9.17, 15) is 14.4 Å². The minimum absolute atomic E-state index is 0.0924. The van der Waals surface area contributed by atoms with E-state index >= 15 is 0 Å². The Balaban J connectivity index is 1.84. The normalized spacial score (nSPS) is 12.1. The molecule has 25 heavy (non-hydrogen) atoms. The van der Waals surface area contributed by atoms with Crippen molar-refractivity contribution in [3.63, 3.8) is 0 Å². The molecule has 3 N–H and O–H groups in total. The lowest BCUT2D eigenvalue weighted by Crippen LogP contribution is -2.46. The number of carboxylic acids is 1. The van der Waals surface area contributed by atoms with E-state index in [2.05, 4.69) is 10.6 Å². The zero-order chi connectivity index (χ0) is 18.4. The molecular weight excluding hydrogens is 322 g/mol. The van der Waals surface area contributed by atoms with Gasteiger partial charge in [-0.05, 0) is 29.9 Å². The fourth-order valence-electron chi connectivity index (χ4n) is 2.61. The highest BCUT2D eigenvalue weighted by Gasteiger charge is 2.21. The fraction of sp³-hybridized carbons (Fsp3) is 0.389. The van der Waals surface area contributed by atoms with Gasteiger partial charge in [-0.2, -0.15) is 0 Å². The second kappa shape index (κ2) is 8.32. The Hall–Kier alpha value is -2.83. The van der Waals surface area contributed by atoms with Crippen molar-refractivity contribution in [3.8, 4) is 0 Å². The van der Waals surface area contributed by atoms with Gasteiger partial charge in [0.2, 0.25) is 11.8 Å². The SMILES string of the molecule is CC(C)C[C@H](NC(=O)CNC(=O)Cn1ccc2ccccc21)C(=O)O. The highest BCUT2D eigenvalue weighted by Crippen LogP contribution is 2.14. The molecule has 0 saturated heterocycles. The summed E-state index contributed by atoms with van der Waals surface area (Å²) < 4.78 is 1.79. The van der Waals surface area contributed by atoms with Crippen molar-refractivity contribution < 1.29 is 19.5 Å². The van der Waals surface area contributed by atoms with Crippen LogP contribution in [-0.2, 0) is 20.9 Å². The van der Waals surface area contributed by atoms with Crippen LogP contribution in [0.25, 0.3) is 10.9 Å². The van der Waals surface area contributed by atoms with Gasteiger partial charge < -0.3 is 20.3 Å². The summed E-state index contributed by atoms with van der Waals surface area (Å²) in [5, 5.41) is 15.1. The lowest BCUT2D eigenvalue weighted by atomic mass is 10.0. The monoisotopic (exact) mass is 345 g/mol. The van der Waals surface area contributed by atoms with E-state index in [1.807, 2.05) is 50.4 Å². The van der Waals surface area contributed by atoms with Crippen LogP contribution in [0.1, 0.15) is 20.3 Å². The highest BCUT2D eigenvalue weighted by molar-refractivity contribution is 5.88. The number of hydrogen-bond acceptors (Lipinski definition) is 3. The molecule has 0 aliphatic heterocycles. The Morgan fingerprint density at radius 2 is 1.84 bits per heavy atom. The van der Waals surface area contributed by atoms with Crippen LogP contribution in [0.5, 0.6) is 0 Å². The standard InChI is InChI=1S/C18H23N3O4/c1-12(2)9-14(18(24)25)20-16(22)10-19-17(23)11-21-8-7-13-5-3-4-6-15(13)21/h3-8,12,14H,9-11H2,1-2H3,(H,19,23)(H,20,22)(H,24,25)/t14-/m0/s1. The van der Waals surface area contributed by atoms with E-state index in [4.69, 9.17) is 5.11 Å². The maximum absolute atomic E-state index is 12.0. The molecule has 2 rings (SSSR count). The van der Waals surface area contributed by atoms with E-state index in [0.29, 0.717) is 6.42 Å². The lowest BCUT2D eigenvalue weighted by molar-refractivity contribution is -0.142. The number of benzene rings is 1. The number of carbonyl (C=O) groups excluding carboxylic acids is 2. The number of nitrogens with one attached hydrogen (secondary N) is 2. The number of fused-ring (bicyclic) bond motifs is 1. The summed E-state index contributed by atoms with van der Waals surface area (Å²) in [5.74, 6) is -1.77. The molecule has 0 fully saturated rings. The molecule has 7 nitrogen and oxygen atoms in total. The number of hydrogen-bond donors (Lipinski definition) is 3. The van der Waals surface area contributed by atoms with E-state index in [1.165, 1.54) is 0 Å². The molecule has 0 unspecified atom stereocenters. The molecule has 1 aromatic heterocycles. The van der Waals surface area contributed by atoms with Gasteiger partial charge in [0, 0.05) is 11.7 Å². The first-order valence-corrected chi connectivity index (χ1v) is 8.19. The maximum atomic E-state index is 12.0. The number of para-hydroxylation sites is 1. The van der Waals surface area contributed by atoms with Crippen LogP contribution in [0, 0.1) is 5.92 Å². The van der Waals surface area contributed by atoms with Crippen LogP contribution in [0.4, 0.5) is 0 Å². The van der Waals surface area contributed by atoms with Crippen LogP contribution in [-0.4, -0.2) is 40.0 Å². The van der Waals surface area contributed by atoms with E-state index in [0.717, 1.165) is 10.9 Å². The van der Waals surface area contributed by atoms with Crippen molar-refractivity contribution in [1.29, 1.82) is 0 Å². The Labute approximate surface area is 146 Å². The second-order valence-electron chi connectivity index (χ2n) is 6.37. The molecule has 0 bridgehead atoms. The third kappa shape index (κ3) is 5.34. The van der Waals surface area contributed by atoms with E-state index in [1.54, 1.807) is 4.57 Å². The van der Waals surface area contributed by atoms with Gasteiger partial charge in [-0.3, -0.25) is 9.59 Å². The molecule has 0 radical (unpaired) electrons. The van der Waals surface area contributed by atoms with Crippen molar-refractivity contribution in [2.75, 3.05) is 6.54 Å². The van der Waals surface area contributed by atoms with Crippen molar-refractivity contribution in [2.24, 2.45) is 5.92 Å². The maximum Gasteiger partial charge on any atom is 0.326 e.